The Labute approximate surface area is 91.5 Å². The Morgan fingerprint density at radius 3 is 1.43 bits per heavy atom. The van der Waals surface area contributed by atoms with Crippen LogP contribution in [-0.2, 0) is 0 Å². The average Bonchev–Trinajstić information content (AvgIpc) is 1.97. The lowest BCUT2D eigenvalue weighted by Gasteiger charge is -2.44. The Bertz CT molecular complexity index is 150. The Morgan fingerprint density at radius 2 is 1.36 bits per heavy atom. The lowest BCUT2D eigenvalue weighted by molar-refractivity contribution is -1.04. The SMILES string of the molecule is C=CC[N+](C(C)O)(C(C)O)C(C)O.[Cl-]. The standard InChI is InChI=1S/C9H20NO3.ClH/c1-5-6-10(7(2)11,8(3)12)9(4)13;/h5,7-9,11-13H,1,6H2,2-4H3;1H/q+1;/p-1. The van der Waals surface area contributed by atoms with Crippen molar-refractivity contribution in [1.82, 2.24) is 0 Å². The van der Waals surface area contributed by atoms with Crippen molar-refractivity contribution in [3.05, 3.63) is 12.7 Å². The Kier molecular flexibility index (Phi) is 7.42. The Balaban J connectivity index is 0. The van der Waals surface area contributed by atoms with Crippen molar-refractivity contribution in [2.24, 2.45) is 0 Å². The fraction of sp³-hybridized carbons (Fsp3) is 0.778. The van der Waals surface area contributed by atoms with E-state index in [2.05, 4.69) is 6.58 Å². The maximum absolute atomic E-state index is 9.54. The lowest BCUT2D eigenvalue weighted by Crippen LogP contribution is -3.00. The van der Waals surface area contributed by atoms with E-state index >= 15 is 0 Å². The second-order valence-electron chi connectivity index (χ2n) is 3.36. The fourth-order valence-electron chi connectivity index (χ4n) is 1.62. The molecule has 0 rings (SSSR count). The Hall–Kier alpha value is -0.130. The molecule has 3 atom stereocenters. The molecule has 0 amide bonds. The van der Waals surface area contributed by atoms with E-state index in [1.54, 1.807) is 26.8 Å². The number of quaternary nitrogens is 1. The first kappa shape index (κ1) is 16.3. The molecule has 3 unspecified atom stereocenters. The van der Waals surface area contributed by atoms with Crippen molar-refractivity contribution < 1.29 is 32.2 Å². The van der Waals surface area contributed by atoms with Gasteiger partial charge in [-0.05, 0) is 6.08 Å². The molecule has 5 heteroatoms. The highest BCUT2D eigenvalue weighted by Crippen LogP contribution is 2.20. The van der Waals surface area contributed by atoms with Crippen molar-refractivity contribution in [2.45, 2.75) is 39.5 Å². The molecule has 0 fully saturated rings. The molecular weight excluding hydrogens is 206 g/mol. The summed E-state index contributed by atoms with van der Waals surface area (Å²) in [5.74, 6) is 0. The second kappa shape index (κ2) is 6.37. The van der Waals surface area contributed by atoms with Crippen LogP contribution in [0.4, 0.5) is 0 Å². The molecule has 0 aliphatic heterocycles. The molecular formula is C9H20ClNO3. The first-order valence-electron chi connectivity index (χ1n) is 4.41. The molecule has 0 aromatic heterocycles. The molecule has 86 valence electrons. The minimum absolute atomic E-state index is 0. The summed E-state index contributed by atoms with van der Waals surface area (Å²) >= 11 is 0. The third-order valence-corrected chi connectivity index (χ3v) is 2.53. The van der Waals surface area contributed by atoms with Gasteiger partial charge in [-0.15, -0.1) is 0 Å². The van der Waals surface area contributed by atoms with Crippen LogP contribution in [0, 0.1) is 0 Å². The van der Waals surface area contributed by atoms with Gasteiger partial charge in [0, 0.05) is 20.8 Å². The van der Waals surface area contributed by atoms with Crippen LogP contribution in [0.3, 0.4) is 0 Å². The summed E-state index contributed by atoms with van der Waals surface area (Å²) in [7, 11) is 0. The summed E-state index contributed by atoms with van der Waals surface area (Å²) in [6, 6.07) is 0. The number of hydrogen-bond donors (Lipinski definition) is 3. The maximum atomic E-state index is 9.54. The average molecular weight is 226 g/mol. The molecule has 0 aromatic carbocycles. The van der Waals surface area contributed by atoms with Gasteiger partial charge in [-0.25, -0.2) is 4.48 Å². The Morgan fingerprint density at radius 1 is 1.07 bits per heavy atom. The zero-order chi connectivity index (χ0) is 10.6. The number of hydrogen-bond acceptors (Lipinski definition) is 3. The summed E-state index contributed by atoms with van der Waals surface area (Å²) in [6.07, 6.45) is -0.930. The van der Waals surface area contributed by atoms with Gasteiger partial charge in [0.2, 0.25) is 0 Å². The van der Waals surface area contributed by atoms with E-state index in [9.17, 15) is 15.3 Å². The normalized spacial score (nSPS) is 21.3. The first-order chi connectivity index (χ1) is 5.89. The highest BCUT2D eigenvalue weighted by atomic mass is 35.5. The molecule has 0 aliphatic rings. The fourth-order valence-corrected chi connectivity index (χ4v) is 1.62. The van der Waals surface area contributed by atoms with Gasteiger partial charge in [0.05, 0.1) is 0 Å². The zero-order valence-electron chi connectivity index (χ0n) is 8.89. The lowest BCUT2D eigenvalue weighted by atomic mass is 10.2. The van der Waals surface area contributed by atoms with Crippen molar-refractivity contribution >= 4 is 0 Å². The quantitative estimate of drug-likeness (QED) is 0.266. The molecule has 0 saturated heterocycles. The van der Waals surface area contributed by atoms with Crippen molar-refractivity contribution in [3.63, 3.8) is 0 Å². The molecule has 14 heavy (non-hydrogen) atoms. The second-order valence-corrected chi connectivity index (χ2v) is 3.36. The van der Waals surface area contributed by atoms with Gasteiger partial charge in [0.25, 0.3) is 0 Å². The van der Waals surface area contributed by atoms with Crippen LogP contribution >= 0.6 is 0 Å². The zero-order valence-corrected chi connectivity index (χ0v) is 9.65. The summed E-state index contributed by atoms with van der Waals surface area (Å²) < 4.78 is -0.191. The van der Waals surface area contributed by atoms with Crippen molar-refractivity contribution in [3.8, 4) is 0 Å². The van der Waals surface area contributed by atoms with Gasteiger partial charge in [-0.2, -0.15) is 0 Å². The van der Waals surface area contributed by atoms with Crippen LogP contribution in [0.1, 0.15) is 20.8 Å². The monoisotopic (exact) mass is 225 g/mol. The molecule has 0 saturated carbocycles. The van der Waals surface area contributed by atoms with E-state index in [1.807, 2.05) is 0 Å². The van der Waals surface area contributed by atoms with Crippen molar-refractivity contribution in [2.75, 3.05) is 6.54 Å². The number of nitrogens with zero attached hydrogens (tertiary/aromatic N) is 1. The molecule has 0 radical (unpaired) electrons. The van der Waals surface area contributed by atoms with Gasteiger partial charge in [0.15, 0.2) is 18.7 Å². The van der Waals surface area contributed by atoms with Crippen molar-refractivity contribution in [1.29, 1.82) is 0 Å². The maximum Gasteiger partial charge on any atom is 0.191 e. The molecule has 3 N–H and O–H groups in total. The minimum atomic E-state index is -0.835. The van der Waals surface area contributed by atoms with E-state index in [0.29, 0.717) is 6.54 Å². The summed E-state index contributed by atoms with van der Waals surface area (Å²) in [4.78, 5) is 0. The molecule has 4 nitrogen and oxygen atoms in total. The summed E-state index contributed by atoms with van der Waals surface area (Å²) in [5, 5.41) is 28.6. The predicted molar refractivity (Wildman–Crippen MR) is 50.4 cm³/mol. The minimum Gasteiger partial charge on any atom is -1.00 e. The predicted octanol–water partition coefficient (Wildman–Crippen LogP) is -2.99. The van der Waals surface area contributed by atoms with Crippen LogP contribution in [0.15, 0.2) is 12.7 Å². The van der Waals surface area contributed by atoms with E-state index < -0.39 is 18.7 Å². The number of aliphatic hydroxyl groups is 3. The number of halogens is 1. The van der Waals surface area contributed by atoms with Crippen LogP contribution in [0.2, 0.25) is 0 Å². The van der Waals surface area contributed by atoms with E-state index in [0.717, 1.165) is 0 Å². The van der Waals surface area contributed by atoms with Crippen LogP contribution in [-0.4, -0.2) is 45.0 Å². The number of rotatable bonds is 5. The van der Waals surface area contributed by atoms with Gasteiger partial charge >= 0.3 is 0 Å². The van der Waals surface area contributed by atoms with E-state index in [4.69, 9.17) is 0 Å². The van der Waals surface area contributed by atoms with Crippen LogP contribution in [0.25, 0.3) is 0 Å². The van der Waals surface area contributed by atoms with Gasteiger partial charge < -0.3 is 27.7 Å². The molecule has 0 aromatic rings. The largest absolute Gasteiger partial charge is 1.00 e. The number of aliphatic hydroxyl groups excluding tert-OH is 3. The smallest absolute Gasteiger partial charge is 0.191 e. The molecule has 0 aliphatic carbocycles. The third kappa shape index (κ3) is 2.93. The molecule has 0 spiro atoms. The van der Waals surface area contributed by atoms with Gasteiger partial charge in [0.1, 0.15) is 6.54 Å². The third-order valence-electron chi connectivity index (χ3n) is 2.53. The first-order valence-corrected chi connectivity index (χ1v) is 4.41. The summed E-state index contributed by atoms with van der Waals surface area (Å²) in [6.45, 7) is 8.50. The van der Waals surface area contributed by atoms with Gasteiger partial charge in [-0.1, -0.05) is 6.58 Å². The molecule has 0 bridgehead atoms. The van der Waals surface area contributed by atoms with Crippen LogP contribution in [0.5, 0.6) is 0 Å². The van der Waals surface area contributed by atoms with Crippen LogP contribution < -0.4 is 12.4 Å². The highest BCUT2D eigenvalue weighted by molar-refractivity contribution is 4.67. The molecule has 0 heterocycles. The topological polar surface area (TPSA) is 60.7 Å². The summed E-state index contributed by atoms with van der Waals surface area (Å²) in [5.41, 5.74) is 0. The highest BCUT2D eigenvalue weighted by Gasteiger charge is 2.41. The van der Waals surface area contributed by atoms with E-state index in [-0.39, 0.29) is 16.9 Å². The van der Waals surface area contributed by atoms with Gasteiger partial charge in [-0.3, -0.25) is 0 Å². The van der Waals surface area contributed by atoms with E-state index in [1.165, 1.54) is 0 Å².